The van der Waals surface area contributed by atoms with Crippen molar-refractivity contribution in [2.75, 3.05) is 33.3 Å². The quantitative estimate of drug-likeness (QED) is 0.407. The molecule has 1 aliphatic heterocycles. The predicted molar refractivity (Wildman–Crippen MR) is 107 cm³/mol. The van der Waals surface area contributed by atoms with Crippen LogP contribution >= 0.6 is 11.6 Å². The Kier molecular flexibility index (Phi) is 6.63. The van der Waals surface area contributed by atoms with E-state index in [0.717, 1.165) is 18.2 Å². The third kappa shape index (κ3) is 4.58. The van der Waals surface area contributed by atoms with E-state index in [1.165, 1.54) is 12.0 Å². The van der Waals surface area contributed by atoms with Gasteiger partial charge in [0.2, 0.25) is 0 Å². The molecule has 1 unspecified atom stereocenters. The number of esters is 1. The van der Waals surface area contributed by atoms with Gasteiger partial charge >= 0.3 is 5.97 Å². The number of rotatable bonds is 5. The second-order valence-electron chi connectivity index (χ2n) is 6.73. The molecule has 8 nitrogen and oxygen atoms in total. The molecular formula is C20H19ClFN3O5. The van der Waals surface area contributed by atoms with Gasteiger partial charge in [0.25, 0.3) is 11.6 Å². The number of carbonyl (C=O) groups excluding carboxylic acids is 2. The Morgan fingerprint density at radius 1 is 1.13 bits per heavy atom. The van der Waals surface area contributed by atoms with E-state index < -0.39 is 34.3 Å². The molecule has 1 heterocycles. The maximum Gasteiger partial charge on any atom is 0.327 e. The largest absolute Gasteiger partial charge is 0.468 e. The van der Waals surface area contributed by atoms with Gasteiger partial charge in [0.15, 0.2) is 0 Å². The first kappa shape index (κ1) is 21.7. The summed E-state index contributed by atoms with van der Waals surface area (Å²) >= 11 is 5.93. The van der Waals surface area contributed by atoms with Gasteiger partial charge in [-0.2, -0.15) is 0 Å². The summed E-state index contributed by atoms with van der Waals surface area (Å²) in [5.74, 6) is -1.92. The molecule has 1 amide bonds. The van der Waals surface area contributed by atoms with Crippen molar-refractivity contribution in [2.24, 2.45) is 0 Å². The van der Waals surface area contributed by atoms with Gasteiger partial charge in [-0.15, -0.1) is 0 Å². The molecule has 0 aromatic heterocycles. The lowest BCUT2D eigenvalue weighted by Crippen LogP contribution is -2.51. The minimum absolute atomic E-state index is 0.226. The Morgan fingerprint density at radius 3 is 2.30 bits per heavy atom. The SMILES string of the molecule is COC(=O)C(c1ccc(Cl)cc1)N1CCN(C(=O)c2ccc([N+](=O)[O-])cc2F)CC1. The molecule has 1 aliphatic rings. The Balaban J connectivity index is 1.72. The number of methoxy groups -OCH3 is 1. The van der Waals surface area contributed by atoms with Gasteiger partial charge in [-0.3, -0.25) is 19.8 Å². The number of hydrogen-bond donors (Lipinski definition) is 0. The fraction of sp³-hybridized carbons (Fsp3) is 0.300. The summed E-state index contributed by atoms with van der Waals surface area (Å²) in [6.07, 6.45) is 0. The second kappa shape index (κ2) is 9.19. The predicted octanol–water partition coefficient (Wildman–Crippen LogP) is 3.06. The lowest BCUT2D eigenvalue weighted by Gasteiger charge is -2.38. The summed E-state index contributed by atoms with van der Waals surface area (Å²) < 4.78 is 19.1. The number of non-ortho nitro benzene ring substituents is 1. The number of carbonyl (C=O) groups is 2. The van der Waals surface area contributed by atoms with Crippen LogP contribution in [0.5, 0.6) is 0 Å². The second-order valence-corrected chi connectivity index (χ2v) is 7.16. The molecule has 1 saturated heterocycles. The van der Waals surface area contributed by atoms with E-state index in [2.05, 4.69) is 0 Å². The lowest BCUT2D eigenvalue weighted by atomic mass is 10.0. The monoisotopic (exact) mass is 435 g/mol. The van der Waals surface area contributed by atoms with Crippen LogP contribution in [-0.4, -0.2) is 59.9 Å². The molecule has 0 N–H and O–H groups in total. The van der Waals surface area contributed by atoms with Gasteiger partial charge in [0.05, 0.1) is 23.7 Å². The van der Waals surface area contributed by atoms with E-state index in [-0.39, 0.29) is 18.7 Å². The number of nitrogens with zero attached hydrogens (tertiary/aromatic N) is 3. The van der Waals surface area contributed by atoms with Crippen LogP contribution in [0, 0.1) is 15.9 Å². The highest BCUT2D eigenvalue weighted by molar-refractivity contribution is 6.30. The molecule has 1 atom stereocenters. The number of nitro groups is 1. The lowest BCUT2D eigenvalue weighted by molar-refractivity contribution is -0.385. The van der Waals surface area contributed by atoms with Gasteiger partial charge in [0.1, 0.15) is 11.9 Å². The summed E-state index contributed by atoms with van der Waals surface area (Å²) in [6, 6.07) is 9.15. The number of piperazine rings is 1. The molecular weight excluding hydrogens is 417 g/mol. The summed E-state index contributed by atoms with van der Waals surface area (Å²) in [5, 5.41) is 11.3. The zero-order chi connectivity index (χ0) is 21.8. The molecule has 1 fully saturated rings. The van der Waals surface area contributed by atoms with Crippen LogP contribution in [0.3, 0.4) is 0 Å². The van der Waals surface area contributed by atoms with Crippen molar-refractivity contribution >= 4 is 29.2 Å². The molecule has 0 radical (unpaired) electrons. The summed E-state index contributed by atoms with van der Waals surface area (Å²) in [5.41, 5.74) is 0.0708. The molecule has 158 valence electrons. The topological polar surface area (TPSA) is 93.0 Å². The van der Waals surface area contributed by atoms with Gasteiger partial charge in [-0.05, 0) is 23.8 Å². The van der Waals surface area contributed by atoms with Crippen molar-refractivity contribution in [3.05, 3.63) is 74.5 Å². The summed E-state index contributed by atoms with van der Waals surface area (Å²) in [6.45, 7) is 1.25. The van der Waals surface area contributed by atoms with Crippen molar-refractivity contribution in [3.8, 4) is 0 Å². The Labute approximate surface area is 176 Å². The van der Waals surface area contributed by atoms with Crippen LogP contribution in [0.1, 0.15) is 22.0 Å². The van der Waals surface area contributed by atoms with Crippen molar-refractivity contribution in [1.29, 1.82) is 0 Å². The fourth-order valence-electron chi connectivity index (χ4n) is 3.40. The van der Waals surface area contributed by atoms with Gasteiger partial charge < -0.3 is 9.64 Å². The summed E-state index contributed by atoms with van der Waals surface area (Å²) in [7, 11) is 1.31. The molecule has 0 bridgehead atoms. The number of nitro benzene ring substituents is 1. The molecule has 0 aliphatic carbocycles. The number of halogens is 2. The third-order valence-electron chi connectivity index (χ3n) is 4.97. The van der Waals surface area contributed by atoms with Gasteiger partial charge in [-0.25, -0.2) is 9.18 Å². The highest BCUT2D eigenvalue weighted by atomic mass is 35.5. The molecule has 2 aromatic carbocycles. The minimum Gasteiger partial charge on any atom is -0.468 e. The normalized spacial score (nSPS) is 15.5. The average Bonchev–Trinajstić information content (AvgIpc) is 2.75. The van der Waals surface area contributed by atoms with Crippen LogP contribution in [0.25, 0.3) is 0 Å². The highest BCUT2D eigenvalue weighted by Gasteiger charge is 2.33. The first-order valence-electron chi connectivity index (χ1n) is 9.12. The zero-order valence-corrected chi connectivity index (χ0v) is 16.8. The van der Waals surface area contributed by atoms with E-state index in [0.29, 0.717) is 23.7 Å². The molecule has 30 heavy (non-hydrogen) atoms. The van der Waals surface area contributed by atoms with E-state index >= 15 is 0 Å². The molecule has 0 saturated carbocycles. The van der Waals surface area contributed by atoms with Gasteiger partial charge in [0, 0.05) is 37.3 Å². The number of hydrogen-bond acceptors (Lipinski definition) is 6. The van der Waals surface area contributed by atoms with Crippen molar-refractivity contribution in [2.45, 2.75) is 6.04 Å². The molecule has 3 rings (SSSR count). The molecule has 0 spiro atoms. The van der Waals surface area contributed by atoms with E-state index in [9.17, 15) is 24.1 Å². The van der Waals surface area contributed by atoms with Crippen molar-refractivity contribution in [1.82, 2.24) is 9.80 Å². The smallest absolute Gasteiger partial charge is 0.327 e. The Hall–Kier alpha value is -3.04. The first-order chi connectivity index (χ1) is 14.3. The van der Waals surface area contributed by atoms with Crippen molar-refractivity contribution in [3.63, 3.8) is 0 Å². The van der Waals surface area contributed by atoms with E-state index in [1.807, 2.05) is 4.90 Å². The zero-order valence-electron chi connectivity index (χ0n) is 16.1. The van der Waals surface area contributed by atoms with Crippen LogP contribution in [0.2, 0.25) is 5.02 Å². The molecule has 10 heteroatoms. The van der Waals surface area contributed by atoms with Gasteiger partial charge in [-0.1, -0.05) is 23.7 Å². The molecule has 2 aromatic rings. The van der Waals surface area contributed by atoms with Crippen LogP contribution < -0.4 is 0 Å². The maximum absolute atomic E-state index is 14.2. The van der Waals surface area contributed by atoms with Crippen LogP contribution in [0.4, 0.5) is 10.1 Å². The van der Waals surface area contributed by atoms with E-state index in [1.54, 1.807) is 24.3 Å². The average molecular weight is 436 g/mol. The van der Waals surface area contributed by atoms with Crippen LogP contribution in [-0.2, 0) is 9.53 Å². The van der Waals surface area contributed by atoms with Crippen LogP contribution in [0.15, 0.2) is 42.5 Å². The standard InChI is InChI=1S/C20H19ClFN3O5/c1-30-20(27)18(13-2-4-14(21)5-3-13)23-8-10-24(11-9-23)19(26)16-7-6-15(25(28)29)12-17(16)22/h2-7,12,18H,8-11H2,1H3. The number of amides is 1. The number of ether oxygens (including phenoxy) is 1. The Bertz CT molecular complexity index is 961. The minimum atomic E-state index is -0.940. The third-order valence-corrected chi connectivity index (χ3v) is 5.22. The first-order valence-corrected chi connectivity index (χ1v) is 9.50. The van der Waals surface area contributed by atoms with Crippen molar-refractivity contribution < 1.29 is 23.6 Å². The highest BCUT2D eigenvalue weighted by Crippen LogP contribution is 2.26. The summed E-state index contributed by atoms with van der Waals surface area (Å²) in [4.78, 5) is 38.4. The number of benzene rings is 2. The maximum atomic E-state index is 14.2. The van der Waals surface area contributed by atoms with E-state index in [4.69, 9.17) is 16.3 Å². The Morgan fingerprint density at radius 2 is 1.77 bits per heavy atom. The fourth-order valence-corrected chi connectivity index (χ4v) is 3.52.